The monoisotopic (exact) mass is 744 g/mol. The van der Waals surface area contributed by atoms with E-state index in [4.69, 9.17) is 4.74 Å². The number of aromatic nitrogens is 2. The van der Waals surface area contributed by atoms with Crippen molar-refractivity contribution in [1.29, 1.82) is 0 Å². The molecular formula is C39H48N6O5S2. The van der Waals surface area contributed by atoms with Crippen LogP contribution >= 0.6 is 0 Å². The van der Waals surface area contributed by atoms with Crippen LogP contribution in [0.25, 0.3) is 0 Å². The van der Waals surface area contributed by atoms with Gasteiger partial charge in [-0.25, -0.2) is 16.8 Å². The van der Waals surface area contributed by atoms with Crippen LogP contribution in [0.3, 0.4) is 0 Å². The van der Waals surface area contributed by atoms with E-state index in [1.807, 2.05) is 54.6 Å². The van der Waals surface area contributed by atoms with Crippen molar-refractivity contribution >= 4 is 20.0 Å². The number of fused-ring (bicyclic) bond motifs is 2. The topological polar surface area (TPSA) is 116 Å². The predicted octanol–water partition coefficient (Wildman–Crippen LogP) is 4.48. The molecule has 4 aliphatic heterocycles. The van der Waals surface area contributed by atoms with Crippen molar-refractivity contribution in [2.45, 2.75) is 68.1 Å². The van der Waals surface area contributed by atoms with Crippen LogP contribution in [0.2, 0.25) is 0 Å². The smallest absolute Gasteiger partial charge is 0.243 e. The number of nitrogens with zero attached hydrogens (tertiary/aromatic N) is 6. The first-order valence-electron chi connectivity index (χ1n) is 18.3. The lowest BCUT2D eigenvalue weighted by Crippen LogP contribution is -2.37. The van der Waals surface area contributed by atoms with E-state index in [9.17, 15) is 16.8 Å². The number of likely N-dealkylation sites (tertiary alicyclic amines) is 1. The number of morpholine rings is 1. The van der Waals surface area contributed by atoms with Crippen LogP contribution in [-0.2, 0) is 63.8 Å². The molecule has 0 aliphatic carbocycles. The van der Waals surface area contributed by atoms with Gasteiger partial charge in [0.25, 0.3) is 0 Å². The van der Waals surface area contributed by atoms with E-state index in [1.165, 1.54) is 23.6 Å². The summed E-state index contributed by atoms with van der Waals surface area (Å²) in [4.78, 5) is 14.2. The lowest BCUT2D eigenvalue weighted by atomic mass is 10.1. The molecule has 2 aromatic carbocycles. The van der Waals surface area contributed by atoms with Crippen LogP contribution in [0.5, 0.6) is 0 Å². The first-order chi connectivity index (χ1) is 25.3. The zero-order chi connectivity index (χ0) is 36.0. The summed E-state index contributed by atoms with van der Waals surface area (Å²) >= 11 is 0. The molecule has 0 saturated carbocycles. The molecule has 4 aliphatic rings. The van der Waals surface area contributed by atoms with Gasteiger partial charge in [-0.2, -0.15) is 8.61 Å². The molecule has 8 rings (SSSR count). The van der Waals surface area contributed by atoms with Crippen LogP contribution in [0.4, 0.5) is 0 Å². The highest BCUT2D eigenvalue weighted by atomic mass is 32.2. The Morgan fingerprint density at radius 1 is 0.558 bits per heavy atom. The molecule has 11 nitrogen and oxygen atoms in total. The Morgan fingerprint density at radius 3 is 1.54 bits per heavy atom. The average Bonchev–Trinajstić information content (AvgIpc) is 3.19. The number of piperidine rings is 1. The normalized spacial score (nSPS) is 19.2. The Labute approximate surface area is 308 Å². The van der Waals surface area contributed by atoms with E-state index in [1.54, 1.807) is 34.9 Å². The van der Waals surface area contributed by atoms with Gasteiger partial charge >= 0.3 is 0 Å². The first kappa shape index (κ1) is 36.8. The Balaban J connectivity index is 0.000000162. The largest absolute Gasteiger partial charge is 0.379 e. The molecule has 0 unspecified atom stereocenters. The fraction of sp³-hybridized carbons (Fsp3) is 0.436. The molecule has 0 radical (unpaired) electrons. The lowest BCUT2D eigenvalue weighted by Gasteiger charge is -2.28. The standard InChI is InChI=1S/C20H25N3O2S.C19H23N3O3S/c24-26(25,23-13-9-18-7-5-10-21-20(18)16-23)19-8-4-6-17(14-19)15-22-11-2-1-3-12-22;23-26(24,22-8-6-17-4-2-7-20-19(17)15-22)18-5-1-3-16(13-18)14-21-9-11-25-12-10-21/h4-8,10,14H,1-3,9,11-13,15-16H2;1-5,7,13H,6,8-12,14-15H2. The molecule has 276 valence electrons. The molecular weight excluding hydrogens is 697 g/mol. The van der Waals surface area contributed by atoms with Crippen LogP contribution in [-0.4, -0.2) is 97.7 Å². The fourth-order valence-corrected chi connectivity index (χ4v) is 10.3. The van der Waals surface area contributed by atoms with E-state index in [2.05, 4.69) is 19.8 Å². The minimum atomic E-state index is -3.52. The Bertz CT molecular complexity index is 1900. The quantitative estimate of drug-likeness (QED) is 0.258. The number of pyridine rings is 2. The summed E-state index contributed by atoms with van der Waals surface area (Å²) in [5, 5.41) is 0. The summed E-state index contributed by atoms with van der Waals surface area (Å²) in [5.41, 5.74) is 6.10. The van der Waals surface area contributed by atoms with Gasteiger partial charge in [0.2, 0.25) is 20.0 Å². The van der Waals surface area contributed by atoms with E-state index < -0.39 is 20.0 Å². The number of benzene rings is 2. The van der Waals surface area contributed by atoms with Crippen molar-refractivity contribution in [3.63, 3.8) is 0 Å². The molecule has 4 aromatic rings. The Kier molecular flexibility index (Phi) is 11.8. The van der Waals surface area contributed by atoms with Crippen molar-refractivity contribution in [2.24, 2.45) is 0 Å². The third-order valence-electron chi connectivity index (χ3n) is 10.3. The highest BCUT2D eigenvalue weighted by molar-refractivity contribution is 7.89. The number of ether oxygens (including phenoxy) is 1. The third-order valence-corrected chi connectivity index (χ3v) is 14.0. The van der Waals surface area contributed by atoms with Gasteiger partial charge in [-0.15, -0.1) is 0 Å². The molecule has 2 aromatic heterocycles. The Hall–Kier alpha value is -3.56. The van der Waals surface area contributed by atoms with Gasteiger partial charge in [-0.3, -0.25) is 19.8 Å². The molecule has 2 fully saturated rings. The number of sulfonamides is 2. The van der Waals surface area contributed by atoms with Gasteiger partial charge in [-0.1, -0.05) is 42.8 Å². The summed E-state index contributed by atoms with van der Waals surface area (Å²) in [7, 11) is -7.01. The lowest BCUT2D eigenvalue weighted by molar-refractivity contribution is 0.0341. The maximum atomic E-state index is 13.1. The third kappa shape index (κ3) is 8.79. The maximum absolute atomic E-state index is 13.1. The molecule has 0 spiro atoms. The molecule has 0 bridgehead atoms. The van der Waals surface area contributed by atoms with Crippen LogP contribution in [0, 0.1) is 0 Å². The van der Waals surface area contributed by atoms with Gasteiger partial charge in [0.15, 0.2) is 0 Å². The van der Waals surface area contributed by atoms with Crippen molar-refractivity contribution < 1.29 is 21.6 Å². The number of rotatable bonds is 8. The molecule has 0 amide bonds. The summed E-state index contributed by atoms with van der Waals surface area (Å²) in [6.07, 6.45) is 8.64. The average molecular weight is 745 g/mol. The van der Waals surface area contributed by atoms with Crippen molar-refractivity contribution in [3.8, 4) is 0 Å². The second kappa shape index (κ2) is 16.6. The summed E-state index contributed by atoms with van der Waals surface area (Å²) < 4.78 is 60.9. The molecule has 2 saturated heterocycles. The molecule has 6 heterocycles. The summed E-state index contributed by atoms with van der Waals surface area (Å²) in [6.45, 7) is 8.71. The van der Waals surface area contributed by atoms with Crippen molar-refractivity contribution in [1.82, 2.24) is 28.4 Å². The molecule has 0 N–H and O–H groups in total. The van der Waals surface area contributed by atoms with Gasteiger partial charge in [0.05, 0.1) is 47.5 Å². The van der Waals surface area contributed by atoms with E-state index in [0.717, 1.165) is 92.5 Å². The fourth-order valence-electron chi connectivity index (χ4n) is 7.38. The van der Waals surface area contributed by atoms with Gasteiger partial charge in [0.1, 0.15) is 0 Å². The van der Waals surface area contributed by atoms with Gasteiger partial charge in [-0.05, 0) is 97.4 Å². The zero-order valence-electron chi connectivity index (χ0n) is 29.6. The van der Waals surface area contributed by atoms with E-state index >= 15 is 0 Å². The molecule has 52 heavy (non-hydrogen) atoms. The van der Waals surface area contributed by atoms with E-state index in [-0.39, 0.29) is 0 Å². The highest BCUT2D eigenvalue weighted by Gasteiger charge is 2.30. The molecule has 0 atom stereocenters. The molecule has 13 heteroatoms. The highest BCUT2D eigenvalue weighted by Crippen LogP contribution is 2.26. The van der Waals surface area contributed by atoms with Crippen molar-refractivity contribution in [2.75, 3.05) is 52.5 Å². The Morgan fingerprint density at radius 2 is 1.04 bits per heavy atom. The van der Waals surface area contributed by atoms with E-state index in [0.29, 0.717) is 42.4 Å². The SMILES string of the molecule is O=S(=O)(c1cccc(CN2CCCCC2)c1)N1CCc2cccnc2C1.O=S(=O)(c1cccc(CN2CCOCC2)c1)N1CCc2cccnc2C1. The summed E-state index contributed by atoms with van der Waals surface area (Å²) in [6, 6.07) is 22.6. The van der Waals surface area contributed by atoms with Gasteiger partial charge < -0.3 is 4.74 Å². The maximum Gasteiger partial charge on any atom is 0.243 e. The second-order valence-electron chi connectivity index (χ2n) is 13.9. The number of hydrogen-bond acceptors (Lipinski definition) is 9. The number of hydrogen-bond donors (Lipinski definition) is 0. The summed E-state index contributed by atoms with van der Waals surface area (Å²) in [5.74, 6) is 0. The first-order valence-corrected chi connectivity index (χ1v) is 21.2. The van der Waals surface area contributed by atoms with Crippen molar-refractivity contribution in [3.05, 3.63) is 119 Å². The van der Waals surface area contributed by atoms with Crippen LogP contribution < -0.4 is 0 Å². The predicted molar refractivity (Wildman–Crippen MR) is 199 cm³/mol. The van der Waals surface area contributed by atoms with Crippen LogP contribution in [0.1, 0.15) is 52.9 Å². The van der Waals surface area contributed by atoms with Crippen LogP contribution in [0.15, 0.2) is 95.0 Å². The zero-order valence-corrected chi connectivity index (χ0v) is 31.3. The van der Waals surface area contributed by atoms with Gasteiger partial charge in [0, 0.05) is 51.7 Å². The minimum absolute atomic E-state index is 0.339. The second-order valence-corrected chi connectivity index (χ2v) is 17.8. The minimum Gasteiger partial charge on any atom is -0.379 e.